The summed E-state index contributed by atoms with van der Waals surface area (Å²) in [5.74, 6) is 0.134. The van der Waals surface area contributed by atoms with E-state index in [1.807, 2.05) is 6.07 Å². The Hall–Kier alpha value is -1.51. The normalized spacial score (nSPS) is 12.2. The lowest BCUT2D eigenvalue weighted by atomic mass is 9.86. The maximum atomic E-state index is 9.58. The maximum absolute atomic E-state index is 9.58. The van der Waals surface area contributed by atoms with Crippen molar-refractivity contribution in [1.29, 1.82) is 0 Å². The molecule has 0 aliphatic rings. The fraction of sp³-hybridized carbons (Fsp3) is 0.364. The van der Waals surface area contributed by atoms with Crippen molar-refractivity contribution in [1.82, 2.24) is 0 Å². The van der Waals surface area contributed by atoms with Gasteiger partial charge in [0, 0.05) is 5.56 Å². The second kappa shape index (κ2) is 3.70. The average Bonchev–Trinajstić information content (AvgIpc) is 2.07. The minimum atomic E-state index is 0.00632. The number of phenols is 1. The molecular formula is C11H15NO2. The SMILES string of the molecule is CC(C)(C)c1ccc(C=NO)c(O)c1. The lowest BCUT2D eigenvalue weighted by molar-refractivity contribution is 0.321. The fourth-order valence-electron chi connectivity index (χ4n) is 1.18. The summed E-state index contributed by atoms with van der Waals surface area (Å²) >= 11 is 0. The number of phenolic OH excluding ortho intramolecular Hbond substituents is 1. The highest BCUT2D eigenvalue weighted by molar-refractivity contribution is 5.83. The first-order chi connectivity index (χ1) is 6.45. The van der Waals surface area contributed by atoms with Crippen molar-refractivity contribution in [2.24, 2.45) is 5.16 Å². The first-order valence-corrected chi connectivity index (χ1v) is 4.46. The van der Waals surface area contributed by atoms with Crippen molar-refractivity contribution in [2.45, 2.75) is 26.2 Å². The molecule has 1 aromatic carbocycles. The Morgan fingerprint density at radius 3 is 2.36 bits per heavy atom. The van der Waals surface area contributed by atoms with Crippen LogP contribution < -0.4 is 0 Å². The molecule has 0 spiro atoms. The molecule has 1 rings (SSSR count). The largest absolute Gasteiger partial charge is 0.507 e. The van der Waals surface area contributed by atoms with Crippen LogP contribution in [0.1, 0.15) is 31.9 Å². The van der Waals surface area contributed by atoms with E-state index in [9.17, 15) is 5.11 Å². The maximum Gasteiger partial charge on any atom is 0.124 e. The fourth-order valence-corrected chi connectivity index (χ4v) is 1.18. The molecule has 0 atom stereocenters. The summed E-state index contributed by atoms with van der Waals surface area (Å²) in [6.45, 7) is 6.21. The molecule has 0 unspecified atom stereocenters. The number of hydrogen-bond acceptors (Lipinski definition) is 3. The number of rotatable bonds is 1. The Labute approximate surface area is 83.7 Å². The molecule has 2 N–H and O–H groups in total. The Kier molecular flexibility index (Phi) is 2.79. The van der Waals surface area contributed by atoms with Crippen molar-refractivity contribution in [3.63, 3.8) is 0 Å². The lowest BCUT2D eigenvalue weighted by Crippen LogP contribution is -2.10. The van der Waals surface area contributed by atoms with Crippen molar-refractivity contribution in [2.75, 3.05) is 0 Å². The van der Waals surface area contributed by atoms with Crippen LogP contribution in [0.5, 0.6) is 5.75 Å². The first-order valence-electron chi connectivity index (χ1n) is 4.46. The average molecular weight is 193 g/mol. The molecule has 0 saturated carbocycles. The molecule has 3 nitrogen and oxygen atoms in total. The lowest BCUT2D eigenvalue weighted by Gasteiger charge is -2.19. The molecule has 0 aromatic heterocycles. The van der Waals surface area contributed by atoms with Gasteiger partial charge < -0.3 is 10.3 Å². The molecule has 1 aromatic rings. The van der Waals surface area contributed by atoms with Crippen molar-refractivity contribution in [3.8, 4) is 5.75 Å². The Bertz CT molecular complexity index is 351. The summed E-state index contributed by atoms with van der Waals surface area (Å²) in [5, 5.41) is 20.8. The van der Waals surface area contributed by atoms with E-state index in [-0.39, 0.29) is 11.2 Å². The molecular weight excluding hydrogens is 178 g/mol. The van der Waals surface area contributed by atoms with Gasteiger partial charge in [0.05, 0.1) is 6.21 Å². The van der Waals surface area contributed by atoms with Gasteiger partial charge in [-0.25, -0.2) is 0 Å². The van der Waals surface area contributed by atoms with Crippen molar-refractivity contribution in [3.05, 3.63) is 29.3 Å². The van der Waals surface area contributed by atoms with Crippen LogP contribution in [0.2, 0.25) is 0 Å². The molecule has 0 radical (unpaired) electrons. The van der Waals surface area contributed by atoms with Crippen LogP contribution in [0.4, 0.5) is 0 Å². The molecule has 0 heterocycles. The minimum Gasteiger partial charge on any atom is -0.507 e. The van der Waals surface area contributed by atoms with Gasteiger partial charge >= 0.3 is 0 Å². The molecule has 0 aliphatic carbocycles. The third-order valence-electron chi connectivity index (χ3n) is 2.09. The van der Waals surface area contributed by atoms with Gasteiger partial charge in [-0.2, -0.15) is 0 Å². The van der Waals surface area contributed by atoms with Crippen LogP contribution in [-0.2, 0) is 5.41 Å². The van der Waals surface area contributed by atoms with E-state index >= 15 is 0 Å². The molecule has 3 heteroatoms. The van der Waals surface area contributed by atoms with Crippen LogP contribution in [0.25, 0.3) is 0 Å². The van der Waals surface area contributed by atoms with Gasteiger partial charge in [-0.1, -0.05) is 32.0 Å². The summed E-state index contributed by atoms with van der Waals surface area (Å²) in [7, 11) is 0. The number of benzene rings is 1. The van der Waals surface area contributed by atoms with Crippen LogP contribution in [0, 0.1) is 0 Å². The van der Waals surface area contributed by atoms with Gasteiger partial charge in [-0.15, -0.1) is 0 Å². The zero-order valence-corrected chi connectivity index (χ0v) is 8.65. The van der Waals surface area contributed by atoms with E-state index in [0.717, 1.165) is 5.56 Å². The number of nitrogens with zero attached hydrogens (tertiary/aromatic N) is 1. The second-order valence-corrected chi connectivity index (χ2v) is 4.27. The van der Waals surface area contributed by atoms with Crippen molar-refractivity contribution < 1.29 is 10.3 Å². The van der Waals surface area contributed by atoms with Crippen LogP contribution in [-0.4, -0.2) is 16.5 Å². The van der Waals surface area contributed by atoms with E-state index in [4.69, 9.17) is 5.21 Å². The van der Waals surface area contributed by atoms with Crippen molar-refractivity contribution >= 4 is 6.21 Å². The van der Waals surface area contributed by atoms with Crippen LogP contribution in [0.3, 0.4) is 0 Å². The summed E-state index contributed by atoms with van der Waals surface area (Å²) in [5.41, 5.74) is 1.57. The monoisotopic (exact) mass is 193 g/mol. The van der Waals surface area contributed by atoms with Gasteiger partial charge in [0.1, 0.15) is 5.75 Å². The van der Waals surface area contributed by atoms with E-state index in [0.29, 0.717) is 5.56 Å². The molecule has 0 saturated heterocycles. The van der Waals surface area contributed by atoms with E-state index < -0.39 is 0 Å². The number of hydrogen-bond donors (Lipinski definition) is 2. The zero-order valence-electron chi connectivity index (χ0n) is 8.65. The minimum absolute atomic E-state index is 0.00632. The third kappa shape index (κ3) is 2.25. The highest BCUT2D eigenvalue weighted by atomic mass is 16.4. The molecule has 0 aliphatic heterocycles. The number of aromatic hydroxyl groups is 1. The topological polar surface area (TPSA) is 52.8 Å². The van der Waals surface area contributed by atoms with Gasteiger partial charge in [0.25, 0.3) is 0 Å². The standard InChI is InChI=1S/C11H15NO2/c1-11(2,3)9-5-4-8(7-12-14)10(13)6-9/h4-7,13-14H,1-3H3. The highest BCUT2D eigenvalue weighted by Crippen LogP contribution is 2.26. The third-order valence-corrected chi connectivity index (χ3v) is 2.09. The Morgan fingerprint density at radius 2 is 1.93 bits per heavy atom. The van der Waals surface area contributed by atoms with Gasteiger partial charge in [0.15, 0.2) is 0 Å². The van der Waals surface area contributed by atoms with Crippen LogP contribution >= 0.6 is 0 Å². The molecule has 0 fully saturated rings. The van der Waals surface area contributed by atoms with Gasteiger partial charge in [0.2, 0.25) is 0 Å². The Balaban J connectivity index is 3.13. The summed E-state index contributed by atoms with van der Waals surface area (Å²) in [4.78, 5) is 0. The van der Waals surface area contributed by atoms with Gasteiger partial charge in [-0.3, -0.25) is 0 Å². The van der Waals surface area contributed by atoms with Gasteiger partial charge in [-0.05, 0) is 23.1 Å². The van der Waals surface area contributed by atoms with Crippen LogP contribution in [0.15, 0.2) is 23.4 Å². The Morgan fingerprint density at radius 1 is 1.29 bits per heavy atom. The highest BCUT2D eigenvalue weighted by Gasteiger charge is 2.14. The molecule has 0 bridgehead atoms. The zero-order chi connectivity index (χ0) is 10.8. The van der Waals surface area contributed by atoms with E-state index in [1.165, 1.54) is 6.21 Å². The molecule has 14 heavy (non-hydrogen) atoms. The molecule has 0 amide bonds. The summed E-state index contributed by atoms with van der Waals surface area (Å²) < 4.78 is 0. The summed E-state index contributed by atoms with van der Waals surface area (Å²) in [6.07, 6.45) is 1.21. The van der Waals surface area contributed by atoms with E-state index in [2.05, 4.69) is 25.9 Å². The number of oxime groups is 1. The molecule has 76 valence electrons. The van der Waals surface area contributed by atoms with E-state index in [1.54, 1.807) is 12.1 Å². The smallest absolute Gasteiger partial charge is 0.124 e. The predicted octanol–water partition coefficient (Wildman–Crippen LogP) is 2.50. The quantitative estimate of drug-likeness (QED) is 0.409. The summed E-state index contributed by atoms with van der Waals surface area (Å²) in [6, 6.07) is 5.34. The second-order valence-electron chi connectivity index (χ2n) is 4.27. The first kappa shape index (κ1) is 10.6. The predicted molar refractivity (Wildman–Crippen MR) is 56.2 cm³/mol.